The molecule has 0 amide bonds. The second-order valence-corrected chi connectivity index (χ2v) is 1.95. The summed E-state index contributed by atoms with van der Waals surface area (Å²) in [5, 5.41) is 8.97. The van der Waals surface area contributed by atoms with Crippen LogP contribution >= 0.6 is 0 Å². The maximum Gasteiger partial charge on any atom is 0.172 e. The molecule has 11 heavy (non-hydrogen) atoms. The van der Waals surface area contributed by atoms with Gasteiger partial charge in [0.25, 0.3) is 0 Å². The Kier molecular flexibility index (Phi) is 2.21. The zero-order valence-electron chi connectivity index (χ0n) is 6.42. The second kappa shape index (κ2) is 3.14. The van der Waals surface area contributed by atoms with Crippen LogP contribution in [0.15, 0.2) is 12.1 Å². The van der Waals surface area contributed by atoms with Crippen molar-refractivity contribution in [3.05, 3.63) is 18.2 Å². The molecule has 3 nitrogen and oxygen atoms in total. The molecule has 0 unspecified atom stereocenters. The van der Waals surface area contributed by atoms with Crippen molar-refractivity contribution in [2.24, 2.45) is 0 Å². The SMILES string of the molecule is COc1[c]c(O)ccc1OC. The lowest BCUT2D eigenvalue weighted by Gasteiger charge is -2.05. The predicted molar refractivity (Wildman–Crippen MR) is 40.0 cm³/mol. The van der Waals surface area contributed by atoms with Gasteiger partial charge in [0, 0.05) is 0 Å². The summed E-state index contributed by atoms with van der Waals surface area (Å²) in [5.41, 5.74) is 0. The van der Waals surface area contributed by atoms with E-state index in [4.69, 9.17) is 14.6 Å². The molecule has 0 spiro atoms. The highest BCUT2D eigenvalue weighted by molar-refractivity contribution is 5.43. The fourth-order valence-corrected chi connectivity index (χ4v) is 0.762. The van der Waals surface area contributed by atoms with Gasteiger partial charge in [-0.1, -0.05) is 0 Å². The summed E-state index contributed by atoms with van der Waals surface area (Å²) in [7, 11) is 3.02. The Bertz CT molecular complexity index is 245. The quantitative estimate of drug-likeness (QED) is 0.694. The predicted octanol–water partition coefficient (Wildman–Crippen LogP) is 1.21. The molecular weight excluding hydrogens is 144 g/mol. The Morgan fingerprint density at radius 1 is 1.27 bits per heavy atom. The van der Waals surface area contributed by atoms with Crippen LogP contribution in [0.1, 0.15) is 0 Å². The largest absolute Gasteiger partial charge is 0.507 e. The molecule has 59 valence electrons. The number of hydrogen-bond donors (Lipinski definition) is 1. The van der Waals surface area contributed by atoms with Crippen LogP contribution in [0.2, 0.25) is 0 Å². The van der Waals surface area contributed by atoms with E-state index >= 15 is 0 Å². The van der Waals surface area contributed by atoms with Crippen LogP contribution in [0.25, 0.3) is 0 Å². The monoisotopic (exact) mass is 153 g/mol. The molecule has 1 rings (SSSR count). The smallest absolute Gasteiger partial charge is 0.172 e. The molecule has 0 saturated carbocycles. The van der Waals surface area contributed by atoms with Gasteiger partial charge < -0.3 is 14.6 Å². The van der Waals surface area contributed by atoms with Crippen molar-refractivity contribution in [1.82, 2.24) is 0 Å². The lowest BCUT2D eigenvalue weighted by Crippen LogP contribution is -1.89. The van der Waals surface area contributed by atoms with Crippen LogP contribution in [0, 0.1) is 6.07 Å². The minimum absolute atomic E-state index is 0.0441. The number of ether oxygens (including phenoxy) is 2. The molecule has 1 radical (unpaired) electrons. The van der Waals surface area contributed by atoms with Gasteiger partial charge in [-0.2, -0.15) is 0 Å². The first-order chi connectivity index (χ1) is 5.27. The van der Waals surface area contributed by atoms with Crippen molar-refractivity contribution in [3.8, 4) is 17.2 Å². The number of methoxy groups -OCH3 is 2. The summed E-state index contributed by atoms with van der Waals surface area (Å²) >= 11 is 0. The maximum atomic E-state index is 8.97. The molecule has 0 bridgehead atoms. The third-order valence-corrected chi connectivity index (χ3v) is 1.28. The van der Waals surface area contributed by atoms with E-state index in [1.54, 1.807) is 6.07 Å². The average Bonchev–Trinajstić information content (AvgIpc) is 2.04. The minimum Gasteiger partial charge on any atom is -0.507 e. The molecule has 0 atom stereocenters. The Morgan fingerprint density at radius 3 is 2.55 bits per heavy atom. The number of rotatable bonds is 2. The van der Waals surface area contributed by atoms with Gasteiger partial charge in [-0.3, -0.25) is 0 Å². The summed E-state index contributed by atoms with van der Waals surface area (Å²) < 4.78 is 9.80. The summed E-state index contributed by atoms with van der Waals surface area (Å²) in [6.07, 6.45) is 0. The molecule has 1 N–H and O–H groups in total. The Balaban J connectivity index is 3.06. The van der Waals surface area contributed by atoms with Crippen LogP contribution in [-0.2, 0) is 0 Å². The number of phenolic OH excluding ortho intramolecular Hbond substituents is 1. The second-order valence-electron chi connectivity index (χ2n) is 1.95. The van der Waals surface area contributed by atoms with Gasteiger partial charge in [-0.25, -0.2) is 0 Å². The van der Waals surface area contributed by atoms with E-state index < -0.39 is 0 Å². The highest BCUT2D eigenvalue weighted by atomic mass is 16.5. The Labute approximate surface area is 65.2 Å². The number of aromatic hydroxyl groups is 1. The van der Waals surface area contributed by atoms with E-state index in [1.807, 2.05) is 0 Å². The molecule has 1 aromatic rings. The van der Waals surface area contributed by atoms with Crippen molar-refractivity contribution in [2.45, 2.75) is 0 Å². The van der Waals surface area contributed by atoms with Gasteiger partial charge >= 0.3 is 0 Å². The Morgan fingerprint density at radius 2 is 2.00 bits per heavy atom. The average molecular weight is 153 g/mol. The van der Waals surface area contributed by atoms with Crippen molar-refractivity contribution in [1.29, 1.82) is 0 Å². The molecule has 0 aromatic heterocycles. The number of benzene rings is 1. The van der Waals surface area contributed by atoms with Crippen molar-refractivity contribution in [2.75, 3.05) is 14.2 Å². The number of hydrogen-bond acceptors (Lipinski definition) is 3. The number of phenols is 1. The molecule has 0 saturated heterocycles. The lowest BCUT2D eigenvalue weighted by molar-refractivity contribution is 0.350. The summed E-state index contributed by atoms with van der Waals surface area (Å²) in [5.74, 6) is 1.01. The van der Waals surface area contributed by atoms with Crippen molar-refractivity contribution >= 4 is 0 Å². The van der Waals surface area contributed by atoms with Crippen LogP contribution in [0.4, 0.5) is 0 Å². The van der Waals surface area contributed by atoms with E-state index in [0.717, 1.165) is 0 Å². The third-order valence-electron chi connectivity index (χ3n) is 1.28. The van der Waals surface area contributed by atoms with Crippen LogP contribution < -0.4 is 9.47 Å². The molecule has 0 fully saturated rings. The maximum absolute atomic E-state index is 8.97. The summed E-state index contributed by atoms with van der Waals surface area (Å²) in [4.78, 5) is 0. The highest BCUT2D eigenvalue weighted by Crippen LogP contribution is 2.28. The van der Waals surface area contributed by atoms with Gasteiger partial charge in [0.2, 0.25) is 0 Å². The first-order valence-corrected chi connectivity index (χ1v) is 3.11. The van der Waals surface area contributed by atoms with Gasteiger partial charge in [0.05, 0.1) is 20.3 Å². The van der Waals surface area contributed by atoms with Gasteiger partial charge in [-0.05, 0) is 12.1 Å². The van der Waals surface area contributed by atoms with E-state index in [0.29, 0.717) is 11.5 Å². The fourth-order valence-electron chi connectivity index (χ4n) is 0.762. The van der Waals surface area contributed by atoms with E-state index in [1.165, 1.54) is 20.3 Å². The van der Waals surface area contributed by atoms with Crippen molar-refractivity contribution in [3.63, 3.8) is 0 Å². The molecule has 0 heterocycles. The van der Waals surface area contributed by atoms with Crippen LogP contribution in [-0.4, -0.2) is 19.3 Å². The van der Waals surface area contributed by atoms with Gasteiger partial charge in [-0.15, -0.1) is 0 Å². The molecule has 0 aliphatic carbocycles. The third kappa shape index (κ3) is 1.55. The van der Waals surface area contributed by atoms with Crippen LogP contribution in [0.5, 0.6) is 17.2 Å². The zero-order chi connectivity index (χ0) is 8.27. The molecule has 0 aliphatic heterocycles. The first-order valence-electron chi connectivity index (χ1n) is 3.11. The van der Waals surface area contributed by atoms with Gasteiger partial charge in [0.15, 0.2) is 11.5 Å². The van der Waals surface area contributed by atoms with E-state index in [-0.39, 0.29) is 5.75 Å². The standard InChI is InChI=1S/C8H9O3/c1-10-7-4-3-6(9)5-8(7)11-2/h3-4,9H,1-2H3. The van der Waals surface area contributed by atoms with Crippen LogP contribution in [0.3, 0.4) is 0 Å². The van der Waals surface area contributed by atoms with Crippen molar-refractivity contribution < 1.29 is 14.6 Å². The Hall–Kier alpha value is -1.38. The highest BCUT2D eigenvalue weighted by Gasteiger charge is 2.02. The summed E-state index contributed by atoms with van der Waals surface area (Å²) in [6.45, 7) is 0. The van der Waals surface area contributed by atoms with E-state index in [9.17, 15) is 0 Å². The van der Waals surface area contributed by atoms with Gasteiger partial charge in [0.1, 0.15) is 5.75 Å². The van der Waals surface area contributed by atoms with E-state index in [2.05, 4.69) is 6.07 Å². The zero-order valence-corrected chi connectivity index (χ0v) is 6.42. The molecule has 1 aromatic carbocycles. The minimum atomic E-state index is 0.0441. The molecule has 3 heteroatoms. The summed E-state index contributed by atoms with van der Waals surface area (Å²) in [6, 6.07) is 5.69. The normalized spacial score (nSPS) is 9.27. The molecular formula is C8H9O3. The molecule has 0 aliphatic rings. The lowest BCUT2D eigenvalue weighted by atomic mass is 10.3. The fraction of sp³-hybridized carbons (Fsp3) is 0.250. The topological polar surface area (TPSA) is 38.7 Å². The first kappa shape index (κ1) is 7.72.